The zero-order chi connectivity index (χ0) is 20.9. The van der Waals surface area contributed by atoms with Crippen LogP contribution in [0.2, 0.25) is 0 Å². The molecule has 0 saturated heterocycles. The molecule has 0 spiro atoms. The summed E-state index contributed by atoms with van der Waals surface area (Å²) in [6, 6.07) is 10.9. The Hall–Kier alpha value is -2.55. The van der Waals surface area contributed by atoms with Gasteiger partial charge in [0.15, 0.2) is 9.84 Å². The van der Waals surface area contributed by atoms with Gasteiger partial charge in [-0.3, -0.25) is 4.79 Å². The van der Waals surface area contributed by atoms with Crippen LogP contribution in [0.15, 0.2) is 48.5 Å². The fourth-order valence-electron chi connectivity index (χ4n) is 2.64. The summed E-state index contributed by atoms with van der Waals surface area (Å²) in [5.74, 6) is -0.143. The smallest absolute Gasteiger partial charge is 0.416 e. The van der Waals surface area contributed by atoms with E-state index in [0.717, 1.165) is 18.4 Å². The molecular weight excluding hydrogens is 395 g/mol. The highest BCUT2D eigenvalue weighted by Gasteiger charge is 2.30. The van der Waals surface area contributed by atoms with Crippen molar-refractivity contribution in [3.63, 3.8) is 0 Å². The van der Waals surface area contributed by atoms with E-state index in [9.17, 15) is 26.4 Å². The minimum absolute atomic E-state index is 0.0517. The lowest BCUT2D eigenvalue weighted by atomic mass is 10.1. The lowest BCUT2D eigenvalue weighted by Crippen LogP contribution is -2.16. The lowest BCUT2D eigenvalue weighted by Gasteiger charge is -2.15. The maximum absolute atomic E-state index is 12.6. The van der Waals surface area contributed by atoms with E-state index in [0.29, 0.717) is 16.9 Å². The van der Waals surface area contributed by atoms with Crippen LogP contribution in [-0.2, 0) is 27.4 Å². The Morgan fingerprint density at radius 2 is 1.64 bits per heavy atom. The summed E-state index contributed by atoms with van der Waals surface area (Å²) in [6.45, 7) is 0.0642. The number of rotatable bonds is 8. The molecule has 0 saturated carbocycles. The van der Waals surface area contributed by atoms with Crippen LogP contribution in [0.1, 0.15) is 34.8 Å². The van der Waals surface area contributed by atoms with Crippen LogP contribution in [-0.4, -0.2) is 20.6 Å². The van der Waals surface area contributed by atoms with Gasteiger partial charge >= 0.3 is 6.18 Å². The van der Waals surface area contributed by atoms with E-state index < -0.39 is 32.7 Å². The summed E-state index contributed by atoms with van der Waals surface area (Å²) < 4.78 is 67.2. The van der Waals surface area contributed by atoms with Crippen LogP contribution in [0.25, 0.3) is 0 Å². The van der Waals surface area contributed by atoms with E-state index in [1.54, 1.807) is 24.3 Å². The van der Waals surface area contributed by atoms with Crippen molar-refractivity contribution in [2.75, 3.05) is 6.26 Å². The van der Waals surface area contributed by atoms with Gasteiger partial charge in [0.05, 0.1) is 10.8 Å². The first-order valence-corrected chi connectivity index (χ1v) is 10.3. The number of carbonyl (C=O) groups excluding carboxylic acids is 1. The van der Waals surface area contributed by atoms with E-state index in [-0.39, 0.29) is 19.4 Å². The normalized spacial score (nSPS) is 13.1. The van der Waals surface area contributed by atoms with E-state index in [1.807, 2.05) is 0 Å². The second kappa shape index (κ2) is 8.64. The summed E-state index contributed by atoms with van der Waals surface area (Å²) in [5.41, 5.74) is 5.43. The minimum atomic E-state index is -4.39. The molecule has 9 heteroatoms. The highest BCUT2D eigenvalue weighted by Crippen LogP contribution is 2.30. The lowest BCUT2D eigenvalue weighted by molar-refractivity contribution is -0.137. The SMILES string of the molecule is CS(=O)(=O)C(CCC(N)=O)c1ccc(OCc2ccc(C(F)(F)F)cc2)cc1. The third kappa shape index (κ3) is 6.26. The average molecular weight is 415 g/mol. The largest absolute Gasteiger partial charge is 0.489 e. The van der Waals surface area contributed by atoms with Crippen LogP contribution < -0.4 is 10.5 Å². The van der Waals surface area contributed by atoms with Crippen LogP contribution in [0.4, 0.5) is 13.2 Å². The van der Waals surface area contributed by atoms with Gasteiger partial charge in [-0.2, -0.15) is 13.2 Å². The molecule has 2 aromatic carbocycles. The summed E-state index contributed by atoms with van der Waals surface area (Å²) in [7, 11) is -3.44. The summed E-state index contributed by atoms with van der Waals surface area (Å²) in [5, 5.41) is -0.857. The first kappa shape index (κ1) is 21.7. The number of hydrogen-bond donors (Lipinski definition) is 1. The molecule has 1 atom stereocenters. The van der Waals surface area contributed by atoms with Crippen molar-refractivity contribution in [1.29, 1.82) is 0 Å². The topological polar surface area (TPSA) is 86.5 Å². The van der Waals surface area contributed by atoms with Gasteiger partial charge in [0.25, 0.3) is 0 Å². The molecule has 0 aromatic heterocycles. The number of primary amides is 1. The molecule has 28 heavy (non-hydrogen) atoms. The number of sulfone groups is 1. The Morgan fingerprint density at radius 3 is 2.11 bits per heavy atom. The number of nitrogens with two attached hydrogens (primary N) is 1. The third-order valence-corrected chi connectivity index (χ3v) is 5.65. The zero-order valence-electron chi connectivity index (χ0n) is 15.1. The number of amides is 1. The Balaban J connectivity index is 2.04. The van der Waals surface area contributed by atoms with Gasteiger partial charge in [0.2, 0.25) is 5.91 Å². The fraction of sp³-hybridized carbons (Fsp3) is 0.316. The maximum Gasteiger partial charge on any atom is 0.416 e. The van der Waals surface area contributed by atoms with Crippen molar-refractivity contribution in [2.24, 2.45) is 5.73 Å². The molecule has 2 aromatic rings. The van der Waals surface area contributed by atoms with Crippen LogP contribution in [0.3, 0.4) is 0 Å². The van der Waals surface area contributed by atoms with Crippen molar-refractivity contribution >= 4 is 15.7 Å². The molecule has 1 amide bonds. The van der Waals surface area contributed by atoms with Gasteiger partial charge in [-0.05, 0) is 41.8 Å². The van der Waals surface area contributed by atoms with E-state index in [4.69, 9.17) is 10.5 Å². The molecule has 0 heterocycles. The van der Waals surface area contributed by atoms with Crippen LogP contribution >= 0.6 is 0 Å². The molecule has 0 aliphatic rings. The number of carbonyl (C=O) groups is 1. The number of alkyl halides is 3. The van der Waals surface area contributed by atoms with Gasteiger partial charge in [0.1, 0.15) is 12.4 Å². The predicted molar refractivity (Wildman–Crippen MR) is 98.2 cm³/mol. The van der Waals surface area contributed by atoms with Crippen LogP contribution in [0, 0.1) is 0 Å². The fourth-order valence-corrected chi connectivity index (χ4v) is 3.83. The monoisotopic (exact) mass is 415 g/mol. The van der Waals surface area contributed by atoms with E-state index in [1.165, 1.54) is 12.1 Å². The highest BCUT2D eigenvalue weighted by molar-refractivity contribution is 7.90. The predicted octanol–water partition coefficient (Wildman–Crippen LogP) is 3.64. The van der Waals surface area contributed by atoms with Crippen molar-refractivity contribution in [3.05, 3.63) is 65.2 Å². The molecule has 0 aliphatic carbocycles. The Labute approximate surface area is 161 Å². The molecule has 5 nitrogen and oxygen atoms in total. The Kier molecular flexibility index (Phi) is 6.71. The van der Waals surface area contributed by atoms with Crippen molar-refractivity contribution in [3.8, 4) is 5.75 Å². The number of benzene rings is 2. The highest BCUT2D eigenvalue weighted by atomic mass is 32.2. The van der Waals surface area contributed by atoms with Crippen molar-refractivity contribution in [2.45, 2.75) is 30.9 Å². The molecular formula is C19H20F3NO4S. The standard InChI is InChI=1S/C19H20F3NO4S/c1-28(25,26)17(10-11-18(23)24)14-4-8-16(9-5-14)27-12-13-2-6-15(7-3-13)19(20,21)22/h2-9,17H,10-12H2,1H3,(H2,23,24). The van der Waals surface area contributed by atoms with Gasteiger partial charge < -0.3 is 10.5 Å². The molecule has 2 N–H and O–H groups in total. The maximum atomic E-state index is 12.6. The first-order valence-electron chi connectivity index (χ1n) is 8.33. The van der Waals surface area contributed by atoms with Gasteiger partial charge in [0, 0.05) is 12.7 Å². The van der Waals surface area contributed by atoms with Crippen LogP contribution in [0.5, 0.6) is 5.75 Å². The van der Waals surface area contributed by atoms with Gasteiger partial charge in [-0.15, -0.1) is 0 Å². The molecule has 2 rings (SSSR count). The van der Waals surface area contributed by atoms with Crippen molar-refractivity contribution < 1.29 is 31.1 Å². The summed E-state index contributed by atoms with van der Waals surface area (Å²) in [4.78, 5) is 11.0. The Bertz CT molecular complexity index is 908. The van der Waals surface area contributed by atoms with E-state index in [2.05, 4.69) is 0 Å². The number of ether oxygens (including phenoxy) is 1. The molecule has 0 radical (unpaired) electrons. The Morgan fingerprint density at radius 1 is 1.07 bits per heavy atom. The number of hydrogen-bond acceptors (Lipinski definition) is 4. The summed E-state index contributed by atoms with van der Waals surface area (Å²) >= 11 is 0. The first-order chi connectivity index (χ1) is 13.0. The summed E-state index contributed by atoms with van der Waals surface area (Å²) in [6.07, 6.45) is -3.27. The third-order valence-electron chi connectivity index (χ3n) is 4.11. The average Bonchev–Trinajstić information content (AvgIpc) is 2.59. The van der Waals surface area contributed by atoms with Gasteiger partial charge in [-0.1, -0.05) is 24.3 Å². The second-order valence-electron chi connectivity index (χ2n) is 6.38. The quantitative estimate of drug-likeness (QED) is 0.713. The molecule has 152 valence electrons. The van der Waals surface area contributed by atoms with Gasteiger partial charge in [-0.25, -0.2) is 8.42 Å². The van der Waals surface area contributed by atoms with Crippen molar-refractivity contribution in [1.82, 2.24) is 0 Å². The molecule has 0 fully saturated rings. The zero-order valence-corrected chi connectivity index (χ0v) is 15.9. The second-order valence-corrected chi connectivity index (χ2v) is 8.60. The number of halogens is 3. The molecule has 1 unspecified atom stereocenters. The minimum Gasteiger partial charge on any atom is -0.489 e. The molecule has 0 bridgehead atoms. The van der Waals surface area contributed by atoms with E-state index >= 15 is 0 Å². The molecule has 0 aliphatic heterocycles.